The highest BCUT2D eigenvalue weighted by atomic mass is 35.5. The molecule has 0 heterocycles. The lowest BCUT2D eigenvalue weighted by Crippen LogP contribution is -2.34. The van der Waals surface area contributed by atoms with Gasteiger partial charge in [-0.2, -0.15) is 0 Å². The van der Waals surface area contributed by atoms with Crippen LogP contribution < -0.4 is 5.32 Å². The summed E-state index contributed by atoms with van der Waals surface area (Å²) >= 11 is 6.22. The van der Waals surface area contributed by atoms with Crippen molar-refractivity contribution in [3.8, 4) is 0 Å². The summed E-state index contributed by atoms with van der Waals surface area (Å²) in [5, 5.41) is 2.46. The van der Waals surface area contributed by atoms with E-state index in [1.165, 1.54) is 18.4 Å². The summed E-state index contributed by atoms with van der Waals surface area (Å²) in [4.78, 5) is 12.0. The first-order valence-electron chi connectivity index (χ1n) is 6.74. The molecule has 98 valence electrons. The standard InChI is InChI=1S/C15H20ClNO/c1-2-11-7-9-12(10-8-11)14(16)15(18)17-13-5-3-4-6-13/h7-10,13-14H,2-6H2,1H3,(H,17,18). The van der Waals surface area contributed by atoms with E-state index in [1.807, 2.05) is 24.3 Å². The largest absolute Gasteiger partial charge is 0.352 e. The average Bonchev–Trinajstić information content (AvgIpc) is 2.91. The molecule has 0 aliphatic heterocycles. The molecule has 1 aliphatic rings. The van der Waals surface area contributed by atoms with Gasteiger partial charge in [0, 0.05) is 6.04 Å². The molecule has 0 radical (unpaired) electrons. The Bertz CT molecular complexity index is 395. The van der Waals surface area contributed by atoms with E-state index in [9.17, 15) is 4.79 Å². The first-order valence-corrected chi connectivity index (χ1v) is 7.17. The summed E-state index contributed by atoms with van der Waals surface area (Å²) in [6.07, 6.45) is 5.60. The molecular formula is C15H20ClNO. The second kappa shape index (κ2) is 6.24. The Morgan fingerprint density at radius 1 is 1.33 bits per heavy atom. The minimum Gasteiger partial charge on any atom is -0.352 e. The number of hydrogen-bond donors (Lipinski definition) is 1. The summed E-state index contributed by atoms with van der Waals surface area (Å²) in [6, 6.07) is 8.30. The fraction of sp³-hybridized carbons (Fsp3) is 0.533. The molecule has 1 saturated carbocycles. The van der Waals surface area contributed by atoms with Gasteiger partial charge >= 0.3 is 0 Å². The molecule has 1 aromatic carbocycles. The van der Waals surface area contributed by atoms with Crippen LogP contribution in [0.5, 0.6) is 0 Å². The molecule has 3 heteroatoms. The third-order valence-corrected chi connectivity index (χ3v) is 4.06. The lowest BCUT2D eigenvalue weighted by molar-refractivity contribution is -0.121. The van der Waals surface area contributed by atoms with Gasteiger partial charge in [0.1, 0.15) is 5.38 Å². The van der Waals surface area contributed by atoms with E-state index >= 15 is 0 Å². The minimum atomic E-state index is -0.573. The number of benzene rings is 1. The second-order valence-corrected chi connectivity index (χ2v) is 5.38. The molecule has 2 nitrogen and oxygen atoms in total. The summed E-state index contributed by atoms with van der Waals surface area (Å²) in [7, 11) is 0. The molecule has 1 N–H and O–H groups in total. The zero-order valence-corrected chi connectivity index (χ0v) is 11.5. The molecule has 0 bridgehead atoms. The lowest BCUT2D eigenvalue weighted by Gasteiger charge is -2.15. The van der Waals surface area contributed by atoms with Crippen molar-refractivity contribution in [3.05, 3.63) is 35.4 Å². The van der Waals surface area contributed by atoms with Gasteiger partial charge < -0.3 is 5.32 Å². The van der Waals surface area contributed by atoms with Gasteiger partial charge in [0.2, 0.25) is 5.91 Å². The number of carbonyl (C=O) groups is 1. The number of rotatable bonds is 4. The van der Waals surface area contributed by atoms with Gasteiger partial charge in [0.25, 0.3) is 0 Å². The predicted octanol–water partition coefficient (Wildman–Crippen LogP) is 3.59. The lowest BCUT2D eigenvalue weighted by atomic mass is 10.1. The first kappa shape index (κ1) is 13.4. The summed E-state index contributed by atoms with van der Waals surface area (Å²) in [5.74, 6) is -0.0622. The van der Waals surface area contributed by atoms with Crippen LogP contribution in [-0.4, -0.2) is 11.9 Å². The van der Waals surface area contributed by atoms with Crippen LogP contribution in [0.3, 0.4) is 0 Å². The molecule has 1 atom stereocenters. The molecule has 1 fully saturated rings. The Kier molecular flexibility index (Phi) is 4.65. The smallest absolute Gasteiger partial charge is 0.242 e. The van der Waals surface area contributed by atoms with Crippen molar-refractivity contribution in [2.45, 2.75) is 50.4 Å². The van der Waals surface area contributed by atoms with E-state index in [4.69, 9.17) is 11.6 Å². The number of amides is 1. The monoisotopic (exact) mass is 265 g/mol. The van der Waals surface area contributed by atoms with Crippen LogP contribution in [0.4, 0.5) is 0 Å². The Morgan fingerprint density at radius 2 is 1.94 bits per heavy atom. The van der Waals surface area contributed by atoms with Crippen LogP contribution in [0.1, 0.15) is 49.1 Å². The second-order valence-electron chi connectivity index (χ2n) is 4.95. The molecule has 0 aromatic heterocycles. The molecule has 2 rings (SSSR count). The Balaban J connectivity index is 1.95. The maximum Gasteiger partial charge on any atom is 0.242 e. The molecule has 1 unspecified atom stereocenters. The van der Waals surface area contributed by atoms with Crippen LogP contribution >= 0.6 is 11.6 Å². The highest BCUT2D eigenvalue weighted by Crippen LogP contribution is 2.23. The molecule has 1 amide bonds. The quantitative estimate of drug-likeness (QED) is 0.829. The molecule has 1 aliphatic carbocycles. The number of halogens is 1. The Morgan fingerprint density at radius 3 is 2.50 bits per heavy atom. The highest BCUT2D eigenvalue weighted by molar-refractivity contribution is 6.30. The first-order chi connectivity index (χ1) is 8.70. The summed E-state index contributed by atoms with van der Waals surface area (Å²) in [5.41, 5.74) is 2.14. The van der Waals surface area contributed by atoms with E-state index in [-0.39, 0.29) is 5.91 Å². The zero-order chi connectivity index (χ0) is 13.0. The predicted molar refractivity (Wildman–Crippen MR) is 74.8 cm³/mol. The van der Waals surface area contributed by atoms with Crippen molar-refractivity contribution in [2.75, 3.05) is 0 Å². The average molecular weight is 266 g/mol. The minimum absolute atomic E-state index is 0.0622. The maximum atomic E-state index is 12.0. The van der Waals surface area contributed by atoms with E-state index in [0.29, 0.717) is 6.04 Å². The van der Waals surface area contributed by atoms with Crippen molar-refractivity contribution in [1.29, 1.82) is 0 Å². The van der Waals surface area contributed by atoms with Crippen LogP contribution in [0.25, 0.3) is 0 Å². The van der Waals surface area contributed by atoms with Crippen LogP contribution in [0, 0.1) is 0 Å². The van der Waals surface area contributed by atoms with Gasteiger partial charge in [-0.05, 0) is 30.4 Å². The number of alkyl halides is 1. The Labute approximate surface area is 114 Å². The van der Waals surface area contributed by atoms with Crippen molar-refractivity contribution in [2.24, 2.45) is 0 Å². The topological polar surface area (TPSA) is 29.1 Å². The van der Waals surface area contributed by atoms with Gasteiger partial charge in [-0.1, -0.05) is 44.0 Å². The van der Waals surface area contributed by atoms with E-state index < -0.39 is 5.38 Å². The normalized spacial score (nSPS) is 17.7. The SMILES string of the molecule is CCc1ccc(C(Cl)C(=O)NC2CCCC2)cc1. The zero-order valence-electron chi connectivity index (χ0n) is 10.8. The van der Waals surface area contributed by atoms with E-state index in [1.54, 1.807) is 0 Å². The number of carbonyl (C=O) groups excluding carboxylic acids is 1. The number of aryl methyl sites for hydroxylation is 1. The highest BCUT2D eigenvalue weighted by Gasteiger charge is 2.22. The van der Waals surface area contributed by atoms with Crippen molar-refractivity contribution in [1.82, 2.24) is 5.32 Å². The third-order valence-electron chi connectivity index (χ3n) is 3.61. The maximum absolute atomic E-state index is 12.0. The van der Waals surface area contributed by atoms with E-state index in [0.717, 1.165) is 24.8 Å². The van der Waals surface area contributed by atoms with Gasteiger partial charge in [-0.15, -0.1) is 11.6 Å². The van der Waals surface area contributed by atoms with Crippen molar-refractivity contribution < 1.29 is 4.79 Å². The van der Waals surface area contributed by atoms with Crippen molar-refractivity contribution >= 4 is 17.5 Å². The molecular weight excluding hydrogens is 246 g/mol. The summed E-state index contributed by atoms with van der Waals surface area (Å²) < 4.78 is 0. The summed E-state index contributed by atoms with van der Waals surface area (Å²) in [6.45, 7) is 2.11. The van der Waals surface area contributed by atoms with Gasteiger partial charge in [-0.3, -0.25) is 4.79 Å². The molecule has 18 heavy (non-hydrogen) atoms. The number of nitrogens with one attached hydrogen (secondary N) is 1. The molecule has 0 saturated heterocycles. The van der Waals surface area contributed by atoms with Crippen molar-refractivity contribution in [3.63, 3.8) is 0 Å². The van der Waals surface area contributed by atoms with Gasteiger partial charge in [0.15, 0.2) is 0 Å². The molecule has 1 aromatic rings. The van der Waals surface area contributed by atoms with Crippen LogP contribution in [0.2, 0.25) is 0 Å². The van der Waals surface area contributed by atoms with Crippen LogP contribution in [-0.2, 0) is 11.2 Å². The van der Waals surface area contributed by atoms with Gasteiger partial charge in [-0.25, -0.2) is 0 Å². The fourth-order valence-electron chi connectivity index (χ4n) is 2.42. The number of hydrogen-bond acceptors (Lipinski definition) is 1. The third kappa shape index (κ3) is 3.26. The van der Waals surface area contributed by atoms with Crippen LogP contribution in [0.15, 0.2) is 24.3 Å². The fourth-order valence-corrected chi connectivity index (χ4v) is 2.63. The van der Waals surface area contributed by atoms with Gasteiger partial charge in [0.05, 0.1) is 0 Å². The van der Waals surface area contributed by atoms with E-state index in [2.05, 4.69) is 12.2 Å². The molecule has 0 spiro atoms. The Hall–Kier alpha value is -1.02.